The van der Waals surface area contributed by atoms with Gasteiger partial charge in [0.05, 0.1) is 0 Å². The van der Waals surface area contributed by atoms with E-state index in [0.29, 0.717) is 5.92 Å². The number of benzene rings is 3. The lowest BCUT2D eigenvalue weighted by Crippen LogP contribution is -2.60. The van der Waals surface area contributed by atoms with Crippen molar-refractivity contribution in [3.8, 4) is 11.1 Å². The molecule has 0 fully saturated rings. The fraction of sp³-hybridized carbons (Fsp3) is 0.273. The Morgan fingerprint density at radius 1 is 0.838 bits per heavy atom. The van der Waals surface area contributed by atoms with E-state index >= 15 is 0 Å². The van der Waals surface area contributed by atoms with Gasteiger partial charge in [0, 0.05) is 34.6 Å². The molecule has 4 nitrogen and oxygen atoms in total. The fourth-order valence-corrected chi connectivity index (χ4v) is 6.34. The van der Waals surface area contributed by atoms with Gasteiger partial charge in [0.1, 0.15) is 6.17 Å². The first kappa shape index (κ1) is 23.5. The Bertz CT molecular complexity index is 1490. The van der Waals surface area contributed by atoms with Crippen molar-refractivity contribution in [3.63, 3.8) is 0 Å². The predicted molar refractivity (Wildman–Crippen MR) is 154 cm³/mol. The molecule has 3 heterocycles. The molecule has 0 amide bonds. The number of nitrogens with zero attached hydrogens (tertiary/aromatic N) is 4. The Hall–Kier alpha value is -3.92. The monoisotopic (exact) mass is 486 g/mol. The molecule has 4 heteroatoms. The standard InChI is InChI=1S/C33H34N4/c1-7-33(6)27-18-17-23(26-16-12-11-15-25(26)22(2)3)21-28(27)37-30-29(34-19-20-35-30)36(31(37)32(33,4)5)24-13-9-8-10-14-24/h7-22,31H,1H2,2-6H3. The van der Waals surface area contributed by atoms with Crippen LogP contribution in [0.1, 0.15) is 51.7 Å². The largest absolute Gasteiger partial charge is 0.301 e. The van der Waals surface area contributed by atoms with Crippen LogP contribution in [0.5, 0.6) is 0 Å². The zero-order valence-corrected chi connectivity index (χ0v) is 22.3. The van der Waals surface area contributed by atoms with Gasteiger partial charge in [-0.3, -0.25) is 0 Å². The molecule has 37 heavy (non-hydrogen) atoms. The van der Waals surface area contributed by atoms with Crippen molar-refractivity contribution in [3.05, 3.63) is 109 Å². The Morgan fingerprint density at radius 3 is 2.16 bits per heavy atom. The average Bonchev–Trinajstić information content (AvgIpc) is 3.28. The van der Waals surface area contributed by atoms with Gasteiger partial charge in [0.25, 0.3) is 0 Å². The van der Waals surface area contributed by atoms with Crippen molar-refractivity contribution in [2.24, 2.45) is 5.41 Å². The predicted octanol–water partition coefficient (Wildman–Crippen LogP) is 8.37. The minimum absolute atomic E-state index is 0.0293. The van der Waals surface area contributed by atoms with Crippen molar-refractivity contribution in [1.82, 2.24) is 9.97 Å². The zero-order valence-electron chi connectivity index (χ0n) is 22.3. The maximum atomic E-state index is 4.90. The first-order chi connectivity index (χ1) is 17.8. The highest BCUT2D eigenvalue weighted by Crippen LogP contribution is 2.62. The molecule has 0 saturated carbocycles. The van der Waals surface area contributed by atoms with E-state index in [-0.39, 0.29) is 17.0 Å². The first-order valence-corrected chi connectivity index (χ1v) is 13.1. The second-order valence-electron chi connectivity index (χ2n) is 11.3. The lowest BCUT2D eigenvalue weighted by molar-refractivity contribution is 0.171. The number of allylic oxidation sites excluding steroid dienone is 1. The van der Waals surface area contributed by atoms with Crippen molar-refractivity contribution >= 4 is 23.0 Å². The van der Waals surface area contributed by atoms with E-state index in [0.717, 1.165) is 17.3 Å². The van der Waals surface area contributed by atoms with Gasteiger partial charge in [-0.1, -0.05) is 95.3 Å². The number of para-hydroxylation sites is 1. The minimum Gasteiger partial charge on any atom is -0.301 e. The Kier molecular flexibility index (Phi) is 5.27. The molecule has 0 spiro atoms. The normalized spacial score (nSPS) is 21.4. The van der Waals surface area contributed by atoms with Gasteiger partial charge in [0.2, 0.25) is 0 Å². The summed E-state index contributed by atoms with van der Waals surface area (Å²) in [7, 11) is 0. The van der Waals surface area contributed by atoms with Crippen molar-refractivity contribution in [2.45, 2.75) is 52.1 Å². The van der Waals surface area contributed by atoms with Crippen molar-refractivity contribution in [2.75, 3.05) is 9.80 Å². The van der Waals surface area contributed by atoms with Crippen LogP contribution in [0.2, 0.25) is 0 Å². The highest BCUT2D eigenvalue weighted by Gasteiger charge is 2.59. The maximum absolute atomic E-state index is 4.90. The summed E-state index contributed by atoms with van der Waals surface area (Å²) in [6, 6.07) is 26.2. The average molecular weight is 487 g/mol. The van der Waals surface area contributed by atoms with E-state index < -0.39 is 0 Å². The van der Waals surface area contributed by atoms with Gasteiger partial charge < -0.3 is 9.80 Å². The summed E-state index contributed by atoms with van der Waals surface area (Å²) in [5.74, 6) is 2.22. The summed E-state index contributed by atoms with van der Waals surface area (Å²) in [4.78, 5) is 14.5. The summed E-state index contributed by atoms with van der Waals surface area (Å²) in [6.07, 6.45) is 5.70. The van der Waals surface area contributed by atoms with Crippen LogP contribution in [0, 0.1) is 5.41 Å². The molecular weight excluding hydrogens is 452 g/mol. The second-order valence-corrected chi connectivity index (χ2v) is 11.3. The molecular formula is C33H34N4. The molecule has 0 saturated heterocycles. The topological polar surface area (TPSA) is 32.3 Å². The molecule has 0 radical (unpaired) electrons. The van der Waals surface area contributed by atoms with Crippen LogP contribution in [0.3, 0.4) is 0 Å². The number of hydrogen-bond acceptors (Lipinski definition) is 4. The van der Waals surface area contributed by atoms with Crippen LogP contribution in [-0.2, 0) is 5.41 Å². The van der Waals surface area contributed by atoms with Gasteiger partial charge in [-0.2, -0.15) is 0 Å². The van der Waals surface area contributed by atoms with Crippen LogP contribution < -0.4 is 9.80 Å². The summed E-state index contributed by atoms with van der Waals surface area (Å²) in [6.45, 7) is 15.9. The molecule has 2 unspecified atom stereocenters. The summed E-state index contributed by atoms with van der Waals surface area (Å²) in [5.41, 5.74) is 6.89. The van der Waals surface area contributed by atoms with Crippen molar-refractivity contribution in [1.29, 1.82) is 0 Å². The Labute approximate surface area is 220 Å². The molecule has 4 aromatic rings. The molecule has 2 aliphatic heterocycles. The number of anilines is 4. The highest BCUT2D eigenvalue weighted by molar-refractivity contribution is 5.88. The third-order valence-corrected chi connectivity index (χ3v) is 8.74. The van der Waals surface area contributed by atoms with Crippen LogP contribution >= 0.6 is 0 Å². The van der Waals surface area contributed by atoms with Crippen LogP contribution in [-0.4, -0.2) is 16.1 Å². The zero-order chi connectivity index (χ0) is 25.9. The van der Waals surface area contributed by atoms with Gasteiger partial charge in [0.15, 0.2) is 11.6 Å². The van der Waals surface area contributed by atoms with Gasteiger partial charge in [-0.25, -0.2) is 9.97 Å². The Morgan fingerprint density at radius 2 is 1.49 bits per heavy atom. The van der Waals surface area contributed by atoms with E-state index in [1.54, 1.807) is 12.4 Å². The maximum Gasteiger partial charge on any atom is 0.178 e. The first-order valence-electron chi connectivity index (χ1n) is 13.1. The summed E-state index contributed by atoms with van der Waals surface area (Å²) in [5, 5.41) is 0. The molecule has 2 atom stereocenters. The fourth-order valence-electron chi connectivity index (χ4n) is 6.34. The summed E-state index contributed by atoms with van der Waals surface area (Å²) >= 11 is 0. The smallest absolute Gasteiger partial charge is 0.178 e. The lowest BCUT2D eigenvalue weighted by Gasteiger charge is -2.56. The molecule has 0 aliphatic carbocycles. The van der Waals surface area contributed by atoms with Crippen LogP contribution in [0.15, 0.2) is 97.8 Å². The molecule has 186 valence electrons. The van der Waals surface area contributed by atoms with Gasteiger partial charge in [-0.05, 0) is 46.4 Å². The summed E-state index contributed by atoms with van der Waals surface area (Å²) < 4.78 is 0. The molecule has 1 aromatic heterocycles. The molecule has 2 aliphatic rings. The van der Waals surface area contributed by atoms with Crippen LogP contribution in [0.25, 0.3) is 11.1 Å². The Balaban J connectivity index is 1.65. The lowest BCUT2D eigenvalue weighted by atomic mass is 9.58. The van der Waals surface area contributed by atoms with E-state index in [2.05, 4.69) is 130 Å². The molecule has 0 N–H and O–H groups in total. The number of hydrogen-bond donors (Lipinski definition) is 0. The van der Waals surface area contributed by atoms with Crippen molar-refractivity contribution < 1.29 is 0 Å². The van der Waals surface area contributed by atoms with Gasteiger partial charge in [-0.15, -0.1) is 6.58 Å². The quantitative estimate of drug-likeness (QED) is 0.271. The van der Waals surface area contributed by atoms with E-state index in [1.807, 2.05) is 0 Å². The third kappa shape index (κ3) is 3.21. The number of aromatic nitrogens is 2. The SMILES string of the molecule is C=CC1(C)c2ccc(-c3ccccc3C(C)C)cc2N2c3nccnc3N(c3ccccc3)C2C1(C)C. The highest BCUT2D eigenvalue weighted by atomic mass is 15.5. The minimum atomic E-state index is -0.283. The van der Waals surface area contributed by atoms with E-state index in [9.17, 15) is 0 Å². The molecule has 0 bridgehead atoms. The van der Waals surface area contributed by atoms with Crippen LogP contribution in [0.4, 0.5) is 23.0 Å². The van der Waals surface area contributed by atoms with E-state index in [4.69, 9.17) is 9.97 Å². The number of rotatable bonds is 4. The second kappa shape index (κ2) is 8.31. The van der Waals surface area contributed by atoms with Gasteiger partial charge >= 0.3 is 0 Å². The third-order valence-electron chi connectivity index (χ3n) is 8.74. The molecule has 6 rings (SSSR count). The van der Waals surface area contributed by atoms with E-state index in [1.165, 1.54) is 27.9 Å². The molecule has 3 aromatic carbocycles. The number of fused-ring (bicyclic) bond motifs is 5.